The second-order valence-corrected chi connectivity index (χ2v) is 11.6. The van der Waals surface area contributed by atoms with Crippen molar-refractivity contribution in [3.63, 3.8) is 0 Å². The zero-order valence-corrected chi connectivity index (χ0v) is 23.0. The Hall–Kier alpha value is -2.14. The molecule has 1 spiro atoms. The lowest BCUT2D eigenvalue weighted by Gasteiger charge is -2.48. The first-order valence-electron chi connectivity index (χ1n) is 14.1. The minimum Gasteiger partial charge on any atom is -0.444 e. The molecule has 1 saturated carbocycles. The van der Waals surface area contributed by atoms with Gasteiger partial charge in [0.2, 0.25) is 0 Å². The number of nitrogens with zero attached hydrogens (tertiary/aromatic N) is 1. The summed E-state index contributed by atoms with van der Waals surface area (Å²) in [6.45, 7) is 8.96. The maximum atomic E-state index is 13.6. The van der Waals surface area contributed by atoms with Crippen LogP contribution in [0.3, 0.4) is 0 Å². The Morgan fingerprint density at radius 1 is 1.06 bits per heavy atom. The van der Waals surface area contributed by atoms with Gasteiger partial charge in [-0.1, -0.05) is 75.4 Å². The average molecular weight is 498 g/mol. The molecule has 1 aliphatic carbocycles. The molecule has 2 aliphatic rings. The first kappa shape index (κ1) is 28.4. The summed E-state index contributed by atoms with van der Waals surface area (Å²) in [4.78, 5) is 28.2. The Kier molecular flexibility index (Phi) is 10.6. The van der Waals surface area contributed by atoms with Gasteiger partial charge in [-0.3, -0.25) is 9.69 Å². The summed E-state index contributed by atoms with van der Waals surface area (Å²) in [7, 11) is 0. The number of rotatable bonds is 11. The summed E-state index contributed by atoms with van der Waals surface area (Å²) >= 11 is 0. The molecule has 0 radical (unpaired) electrons. The Balaban J connectivity index is 1.75. The monoisotopic (exact) mass is 497 g/mol. The van der Waals surface area contributed by atoms with Crippen molar-refractivity contribution < 1.29 is 19.1 Å². The largest absolute Gasteiger partial charge is 0.444 e. The van der Waals surface area contributed by atoms with Gasteiger partial charge in [-0.25, -0.2) is 4.79 Å². The number of carbonyl (C=O) groups excluding carboxylic acids is 2. The summed E-state index contributed by atoms with van der Waals surface area (Å²) in [6.07, 6.45) is 14.7. The second kappa shape index (κ2) is 13.4. The van der Waals surface area contributed by atoms with Crippen molar-refractivity contribution in [3.8, 4) is 0 Å². The third kappa shape index (κ3) is 7.93. The number of benzene rings is 1. The molecule has 1 aliphatic heterocycles. The summed E-state index contributed by atoms with van der Waals surface area (Å²) in [5.41, 5.74) is 0.260. The van der Waals surface area contributed by atoms with Crippen molar-refractivity contribution in [2.75, 3.05) is 6.61 Å². The molecule has 1 amide bonds. The highest BCUT2D eigenvalue weighted by atomic mass is 16.6. The van der Waals surface area contributed by atoms with Gasteiger partial charge in [0.1, 0.15) is 5.60 Å². The van der Waals surface area contributed by atoms with Gasteiger partial charge in [-0.2, -0.15) is 0 Å². The van der Waals surface area contributed by atoms with Crippen LogP contribution < -0.4 is 0 Å². The molecule has 0 N–H and O–H groups in total. The van der Waals surface area contributed by atoms with E-state index in [2.05, 4.69) is 25.1 Å². The third-order valence-electron chi connectivity index (χ3n) is 7.62. The molecule has 3 rings (SSSR count). The number of allylic oxidation sites excluding steroid dienone is 1. The van der Waals surface area contributed by atoms with Crippen LogP contribution in [0.2, 0.25) is 0 Å². The van der Waals surface area contributed by atoms with Crippen molar-refractivity contribution >= 4 is 11.9 Å². The molecule has 5 nitrogen and oxygen atoms in total. The summed E-state index contributed by atoms with van der Waals surface area (Å²) in [5, 5.41) is 0. The van der Waals surface area contributed by atoms with Gasteiger partial charge < -0.3 is 9.47 Å². The van der Waals surface area contributed by atoms with Gasteiger partial charge in [0, 0.05) is 12.3 Å². The topological polar surface area (TPSA) is 55.8 Å². The SMILES string of the molecule is CCCCCCC(=O)/C=C\C1CCCCC12CC[C@@H](COCc1ccccc1)N2C(=O)OC(C)(C)C. The first-order chi connectivity index (χ1) is 17.2. The molecular weight excluding hydrogens is 450 g/mol. The van der Waals surface area contributed by atoms with Gasteiger partial charge in [-0.05, 0) is 64.5 Å². The predicted molar refractivity (Wildman–Crippen MR) is 145 cm³/mol. The van der Waals surface area contributed by atoms with Crippen molar-refractivity contribution in [2.24, 2.45) is 5.92 Å². The molecule has 5 heteroatoms. The zero-order chi connectivity index (χ0) is 26.0. The Morgan fingerprint density at radius 2 is 1.83 bits per heavy atom. The van der Waals surface area contributed by atoms with Crippen LogP contribution in [0.4, 0.5) is 4.79 Å². The Morgan fingerprint density at radius 3 is 2.56 bits per heavy atom. The molecule has 2 unspecified atom stereocenters. The smallest absolute Gasteiger partial charge is 0.411 e. The highest BCUT2D eigenvalue weighted by Crippen LogP contribution is 2.49. The van der Waals surface area contributed by atoms with E-state index in [0.717, 1.165) is 56.9 Å². The number of ketones is 1. The van der Waals surface area contributed by atoms with Gasteiger partial charge in [0.05, 0.1) is 24.8 Å². The molecule has 1 saturated heterocycles. The quantitative estimate of drug-likeness (QED) is 0.233. The standard InChI is InChI=1S/C31H47NO4/c1-5-6-7-11-17-28(33)19-18-26-16-12-13-21-31(26)22-20-27(32(31)29(34)36-30(2,3)4)24-35-23-25-14-9-8-10-15-25/h8-10,14-15,18-19,26-27H,5-7,11-13,16-17,20-24H2,1-4H3/b19-18-/t26?,27-,31?/m0/s1. The second-order valence-electron chi connectivity index (χ2n) is 11.6. The molecule has 1 aromatic rings. The minimum absolute atomic E-state index is 0.0256. The lowest BCUT2D eigenvalue weighted by atomic mass is 9.71. The van der Waals surface area contributed by atoms with Crippen molar-refractivity contribution in [1.82, 2.24) is 4.90 Å². The fourth-order valence-electron chi connectivity index (χ4n) is 5.88. The Labute approximate surface area is 218 Å². The molecule has 36 heavy (non-hydrogen) atoms. The van der Waals surface area contributed by atoms with Crippen molar-refractivity contribution in [3.05, 3.63) is 48.0 Å². The van der Waals surface area contributed by atoms with Gasteiger partial charge >= 0.3 is 6.09 Å². The van der Waals surface area contributed by atoms with Crippen LogP contribution in [-0.4, -0.2) is 40.6 Å². The number of hydrogen-bond acceptors (Lipinski definition) is 4. The van der Waals surface area contributed by atoms with Crippen LogP contribution in [0.5, 0.6) is 0 Å². The van der Waals surface area contributed by atoms with Gasteiger partial charge in [-0.15, -0.1) is 0 Å². The van der Waals surface area contributed by atoms with Crippen LogP contribution in [-0.2, 0) is 20.9 Å². The van der Waals surface area contributed by atoms with E-state index in [1.165, 1.54) is 12.8 Å². The fourth-order valence-corrected chi connectivity index (χ4v) is 5.88. The maximum absolute atomic E-state index is 13.6. The lowest BCUT2D eigenvalue weighted by molar-refractivity contribution is -0.114. The van der Waals surface area contributed by atoms with E-state index in [0.29, 0.717) is 19.6 Å². The molecule has 0 bridgehead atoms. The average Bonchev–Trinajstić information content (AvgIpc) is 3.19. The molecule has 2 fully saturated rings. The maximum Gasteiger partial charge on any atom is 0.411 e. The first-order valence-corrected chi connectivity index (χ1v) is 14.1. The number of hydrogen-bond donors (Lipinski definition) is 0. The summed E-state index contributed by atoms with van der Waals surface area (Å²) in [6, 6.07) is 10.1. The number of ether oxygens (including phenoxy) is 2. The van der Waals surface area contributed by atoms with Crippen molar-refractivity contribution in [1.29, 1.82) is 0 Å². The van der Waals surface area contributed by atoms with E-state index in [9.17, 15) is 9.59 Å². The lowest BCUT2D eigenvalue weighted by Crippen LogP contribution is -2.57. The molecule has 200 valence electrons. The van der Waals surface area contributed by atoms with E-state index in [1.807, 2.05) is 43.9 Å². The zero-order valence-electron chi connectivity index (χ0n) is 23.0. The summed E-state index contributed by atoms with van der Waals surface area (Å²) < 4.78 is 12.1. The van der Waals surface area contributed by atoms with Crippen LogP contribution in [0.1, 0.15) is 104 Å². The van der Waals surface area contributed by atoms with E-state index in [-0.39, 0.29) is 29.4 Å². The van der Waals surface area contributed by atoms with Crippen LogP contribution in [0.15, 0.2) is 42.5 Å². The van der Waals surface area contributed by atoms with Gasteiger partial charge in [0.25, 0.3) is 0 Å². The molecule has 3 atom stereocenters. The normalized spacial score (nSPS) is 24.5. The van der Waals surface area contributed by atoms with Crippen LogP contribution >= 0.6 is 0 Å². The van der Waals surface area contributed by atoms with E-state index >= 15 is 0 Å². The van der Waals surface area contributed by atoms with E-state index < -0.39 is 5.60 Å². The molecule has 0 aromatic heterocycles. The third-order valence-corrected chi connectivity index (χ3v) is 7.62. The van der Waals surface area contributed by atoms with E-state index in [4.69, 9.17) is 9.47 Å². The minimum atomic E-state index is -0.565. The Bertz CT molecular complexity index is 859. The molecular formula is C31H47NO4. The number of unbranched alkanes of at least 4 members (excludes halogenated alkanes) is 3. The molecule has 1 aromatic carbocycles. The number of amides is 1. The molecule has 1 heterocycles. The van der Waals surface area contributed by atoms with Gasteiger partial charge in [0.15, 0.2) is 5.78 Å². The van der Waals surface area contributed by atoms with E-state index in [1.54, 1.807) is 6.08 Å². The van der Waals surface area contributed by atoms with Crippen LogP contribution in [0, 0.1) is 5.92 Å². The summed E-state index contributed by atoms with van der Waals surface area (Å²) in [5.74, 6) is 0.369. The fraction of sp³-hybridized carbons (Fsp3) is 0.677. The number of carbonyl (C=O) groups is 2. The predicted octanol–water partition coefficient (Wildman–Crippen LogP) is 7.63. The highest BCUT2D eigenvalue weighted by Gasteiger charge is 2.54. The highest BCUT2D eigenvalue weighted by molar-refractivity contribution is 5.89. The van der Waals surface area contributed by atoms with Crippen LogP contribution in [0.25, 0.3) is 0 Å². The number of likely N-dealkylation sites (tertiary alicyclic amines) is 1. The van der Waals surface area contributed by atoms with Crippen molar-refractivity contribution in [2.45, 2.75) is 122 Å².